The highest BCUT2D eigenvalue weighted by Gasteiger charge is 2.25. The number of hydrogen-bond donors (Lipinski definition) is 1. The van der Waals surface area contributed by atoms with Crippen LogP contribution in [-0.4, -0.2) is 54.2 Å². The molecule has 1 fully saturated rings. The van der Waals surface area contributed by atoms with Gasteiger partial charge in [0.05, 0.1) is 7.11 Å². The van der Waals surface area contributed by atoms with Gasteiger partial charge in [0.1, 0.15) is 23.2 Å². The number of urea groups is 1. The van der Waals surface area contributed by atoms with E-state index in [1.807, 2.05) is 42.2 Å². The van der Waals surface area contributed by atoms with Crippen LogP contribution in [0.2, 0.25) is 0 Å². The van der Waals surface area contributed by atoms with E-state index < -0.39 is 0 Å². The second-order valence-corrected chi connectivity index (χ2v) is 8.31. The molecule has 2 aromatic carbocycles. The molecule has 7 nitrogen and oxygen atoms in total. The molecule has 0 saturated carbocycles. The molecule has 0 unspecified atom stereocenters. The van der Waals surface area contributed by atoms with Gasteiger partial charge in [-0.05, 0) is 55.3 Å². The van der Waals surface area contributed by atoms with Crippen molar-refractivity contribution in [1.29, 1.82) is 0 Å². The van der Waals surface area contributed by atoms with Crippen LogP contribution in [0.3, 0.4) is 0 Å². The Hall–Kier alpha value is -3.68. The molecule has 34 heavy (non-hydrogen) atoms. The van der Waals surface area contributed by atoms with E-state index in [1.54, 1.807) is 19.2 Å². The number of anilines is 2. The van der Waals surface area contributed by atoms with E-state index in [-0.39, 0.29) is 11.8 Å². The summed E-state index contributed by atoms with van der Waals surface area (Å²) in [5.41, 5.74) is 3.62. The number of piperazine rings is 1. The average Bonchev–Trinajstić information content (AvgIpc) is 2.85. The van der Waals surface area contributed by atoms with Gasteiger partial charge in [-0.2, -0.15) is 0 Å². The minimum Gasteiger partial charge on any atom is -0.497 e. The number of carbonyl (C=O) groups is 1. The molecular formula is C26H30FN5O2. The van der Waals surface area contributed by atoms with E-state index in [0.29, 0.717) is 32.6 Å². The fourth-order valence-electron chi connectivity index (χ4n) is 4.22. The number of methoxy groups -OCH3 is 1. The van der Waals surface area contributed by atoms with Crippen LogP contribution in [0.1, 0.15) is 29.6 Å². The largest absolute Gasteiger partial charge is 0.497 e. The molecule has 1 saturated heterocycles. The van der Waals surface area contributed by atoms with Crippen LogP contribution in [0.4, 0.5) is 20.7 Å². The summed E-state index contributed by atoms with van der Waals surface area (Å²) in [5.74, 6) is 2.09. The first-order valence-electron chi connectivity index (χ1n) is 11.5. The maximum Gasteiger partial charge on any atom is 0.321 e. The monoisotopic (exact) mass is 463 g/mol. The quantitative estimate of drug-likeness (QED) is 0.585. The molecule has 1 aromatic heterocycles. The second-order valence-electron chi connectivity index (χ2n) is 8.31. The lowest BCUT2D eigenvalue weighted by molar-refractivity contribution is 0.208. The third kappa shape index (κ3) is 5.44. The van der Waals surface area contributed by atoms with Gasteiger partial charge in [-0.25, -0.2) is 19.2 Å². The highest BCUT2D eigenvalue weighted by Crippen LogP contribution is 2.26. The van der Waals surface area contributed by atoms with Crippen LogP contribution in [0.25, 0.3) is 0 Å². The van der Waals surface area contributed by atoms with E-state index in [0.717, 1.165) is 46.3 Å². The number of nitrogens with one attached hydrogen (secondary N) is 1. The van der Waals surface area contributed by atoms with Gasteiger partial charge >= 0.3 is 6.03 Å². The molecule has 178 valence electrons. The molecule has 1 aliphatic heterocycles. The Morgan fingerprint density at radius 3 is 2.47 bits per heavy atom. The van der Waals surface area contributed by atoms with Crippen molar-refractivity contribution < 1.29 is 13.9 Å². The number of ether oxygens (including phenoxy) is 1. The van der Waals surface area contributed by atoms with Gasteiger partial charge in [0.15, 0.2) is 0 Å². The van der Waals surface area contributed by atoms with Crippen molar-refractivity contribution in [2.45, 2.75) is 26.7 Å². The number of nitrogens with zero attached hydrogens (tertiary/aromatic N) is 4. The van der Waals surface area contributed by atoms with Gasteiger partial charge in [0.25, 0.3) is 0 Å². The van der Waals surface area contributed by atoms with Gasteiger partial charge in [0, 0.05) is 49.5 Å². The molecule has 0 atom stereocenters. The van der Waals surface area contributed by atoms with Crippen molar-refractivity contribution in [2.24, 2.45) is 0 Å². The Morgan fingerprint density at radius 1 is 1.09 bits per heavy atom. The molecule has 0 radical (unpaired) electrons. The third-order valence-electron chi connectivity index (χ3n) is 6.00. The highest BCUT2D eigenvalue weighted by atomic mass is 19.1. The number of hydrogen-bond acceptors (Lipinski definition) is 5. The Balaban J connectivity index is 1.47. The summed E-state index contributed by atoms with van der Waals surface area (Å²) < 4.78 is 19.0. The van der Waals surface area contributed by atoms with E-state index in [9.17, 15) is 9.18 Å². The number of aromatic nitrogens is 2. The maximum absolute atomic E-state index is 13.8. The summed E-state index contributed by atoms with van der Waals surface area (Å²) >= 11 is 0. The number of rotatable bonds is 6. The number of amides is 2. The van der Waals surface area contributed by atoms with Crippen LogP contribution >= 0.6 is 0 Å². The van der Waals surface area contributed by atoms with Crippen LogP contribution in [0.15, 0.2) is 48.5 Å². The highest BCUT2D eigenvalue weighted by molar-refractivity contribution is 5.89. The summed E-state index contributed by atoms with van der Waals surface area (Å²) in [6, 6.07) is 13.8. The summed E-state index contributed by atoms with van der Waals surface area (Å²) in [4.78, 5) is 26.2. The molecular weight excluding hydrogens is 433 g/mol. The predicted molar refractivity (Wildman–Crippen MR) is 131 cm³/mol. The van der Waals surface area contributed by atoms with E-state index in [1.165, 1.54) is 6.07 Å². The second kappa shape index (κ2) is 10.5. The number of carbonyl (C=O) groups excluding carboxylic acids is 1. The standard InChI is InChI=1S/C26H30FN5O2/c1-4-24-23(17-19-6-5-7-20(27)16-19)25(29-18(2)28-24)31-12-14-32(15-13-31)26(33)30-21-8-10-22(34-3)11-9-21/h5-11,16H,4,12-15,17H2,1-3H3,(H,30,33). The van der Waals surface area contributed by atoms with Crippen LogP contribution in [0.5, 0.6) is 5.75 Å². The first-order valence-corrected chi connectivity index (χ1v) is 11.5. The Morgan fingerprint density at radius 2 is 1.82 bits per heavy atom. The minimum atomic E-state index is -0.249. The van der Waals surface area contributed by atoms with E-state index in [4.69, 9.17) is 9.72 Å². The molecule has 4 rings (SSSR count). The summed E-state index contributed by atoms with van der Waals surface area (Å²) in [6.45, 7) is 6.44. The van der Waals surface area contributed by atoms with E-state index in [2.05, 4.69) is 22.1 Å². The normalized spacial score (nSPS) is 13.6. The Kier molecular flexibility index (Phi) is 7.25. The van der Waals surface area contributed by atoms with Crippen molar-refractivity contribution in [3.63, 3.8) is 0 Å². The minimum absolute atomic E-state index is 0.127. The summed E-state index contributed by atoms with van der Waals surface area (Å²) in [6.07, 6.45) is 1.33. The molecule has 1 aliphatic rings. The first kappa shape index (κ1) is 23.5. The molecule has 8 heteroatoms. The Labute approximate surface area is 199 Å². The van der Waals surface area contributed by atoms with Crippen molar-refractivity contribution in [3.8, 4) is 5.75 Å². The van der Waals surface area contributed by atoms with Gasteiger partial charge in [0.2, 0.25) is 0 Å². The summed E-state index contributed by atoms with van der Waals surface area (Å²) in [5, 5.41) is 2.95. The fourth-order valence-corrected chi connectivity index (χ4v) is 4.22. The maximum atomic E-state index is 13.8. The zero-order valence-corrected chi connectivity index (χ0v) is 19.8. The van der Waals surface area contributed by atoms with Gasteiger partial charge in [-0.3, -0.25) is 0 Å². The van der Waals surface area contributed by atoms with Crippen LogP contribution < -0.4 is 15.0 Å². The van der Waals surface area contributed by atoms with Crippen LogP contribution in [-0.2, 0) is 12.8 Å². The van der Waals surface area contributed by atoms with Gasteiger partial charge < -0.3 is 19.9 Å². The van der Waals surface area contributed by atoms with Crippen molar-refractivity contribution >= 4 is 17.5 Å². The molecule has 2 heterocycles. The lowest BCUT2D eigenvalue weighted by atomic mass is 10.0. The topological polar surface area (TPSA) is 70.6 Å². The van der Waals surface area contributed by atoms with Crippen molar-refractivity contribution in [2.75, 3.05) is 43.5 Å². The molecule has 3 aromatic rings. The van der Waals surface area contributed by atoms with Gasteiger partial charge in [-0.15, -0.1) is 0 Å². The number of aryl methyl sites for hydroxylation is 2. The molecule has 2 amide bonds. The number of benzene rings is 2. The fraction of sp³-hybridized carbons (Fsp3) is 0.346. The predicted octanol–water partition coefficient (Wildman–Crippen LogP) is 4.44. The SMILES string of the molecule is CCc1nc(C)nc(N2CCN(C(=O)Nc3ccc(OC)cc3)CC2)c1Cc1cccc(F)c1. The Bertz CT molecular complexity index is 1140. The van der Waals surface area contributed by atoms with E-state index >= 15 is 0 Å². The lowest BCUT2D eigenvalue weighted by Crippen LogP contribution is -2.50. The molecule has 0 aliphatic carbocycles. The summed E-state index contributed by atoms with van der Waals surface area (Å²) in [7, 11) is 1.61. The zero-order chi connectivity index (χ0) is 24.1. The lowest BCUT2D eigenvalue weighted by Gasteiger charge is -2.36. The third-order valence-corrected chi connectivity index (χ3v) is 6.00. The smallest absolute Gasteiger partial charge is 0.321 e. The average molecular weight is 464 g/mol. The van der Waals surface area contributed by atoms with Gasteiger partial charge in [-0.1, -0.05) is 19.1 Å². The molecule has 0 bridgehead atoms. The molecule has 0 spiro atoms. The molecule has 1 N–H and O–H groups in total. The first-order chi connectivity index (χ1) is 16.5. The van der Waals surface area contributed by atoms with Crippen molar-refractivity contribution in [3.05, 3.63) is 77.0 Å². The van der Waals surface area contributed by atoms with Crippen molar-refractivity contribution in [1.82, 2.24) is 14.9 Å². The zero-order valence-electron chi connectivity index (χ0n) is 19.8. The number of halogens is 1. The van der Waals surface area contributed by atoms with Crippen LogP contribution in [0, 0.1) is 12.7 Å².